The third kappa shape index (κ3) is 4.43. The molecule has 0 saturated carbocycles. The zero-order valence-corrected chi connectivity index (χ0v) is 17.0. The Morgan fingerprint density at radius 1 is 1.03 bits per heavy atom. The van der Waals surface area contributed by atoms with Crippen LogP contribution in [0, 0.1) is 25.2 Å². The number of anilines is 4. The van der Waals surface area contributed by atoms with E-state index in [4.69, 9.17) is 9.68 Å². The van der Waals surface area contributed by atoms with Gasteiger partial charge in [-0.2, -0.15) is 10.2 Å². The number of nitrogens with one attached hydrogen (secondary N) is 2. The molecule has 0 saturated heterocycles. The average Bonchev–Trinajstić information content (AvgIpc) is 3.31. The van der Waals surface area contributed by atoms with E-state index in [1.165, 1.54) is 6.26 Å². The third-order valence-corrected chi connectivity index (χ3v) is 4.72. The van der Waals surface area contributed by atoms with Crippen LogP contribution in [0.15, 0.2) is 71.5 Å². The van der Waals surface area contributed by atoms with Crippen LogP contribution < -0.4 is 10.6 Å². The summed E-state index contributed by atoms with van der Waals surface area (Å²) in [5.41, 5.74) is 4.64. The number of hydrogen-bond donors (Lipinski definition) is 2. The van der Waals surface area contributed by atoms with E-state index in [2.05, 4.69) is 26.7 Å². The Kier molecular flexibility index (Phi) is 5.45. The molecule has 2 heterocycles. The van der Waals surface area contributed by atoms with Crippen LogP contribution >= 0.6 is 0 Å². The molecular weight excluding hydrogens is 390 g/mol. The Morgan fingerprint density at radius 3 is 2.42 bits per heavy atom. The SMILES string of the molecule is Cc1cc(C(=O)c2ccco2)cc(C)c1Nc1ccnc(Nc2ccc(C#N)cc2)n1. The molecule has 2 N–H and O–H groups in total. The molecule has 0 bridgehead atoms. The summed E-state index contributed by atoms with van der Waals surface area (Å²) in [6.45, 7) is 3.87. The molecule has 4 aromatic rings. The second-order valence-corrected chi connectivity index (χ2v) is 7.00. The number of aromatic nitrogens is 2. The second-order valence-electron chi connectivity index (χ2n) is 7.00. The van der Waals surface area contributed by atoms with Gasteiger partial charge in [0.25, 0.3) is 0 Å². The highest BCUT2D eigenvalue weighted by Gasteiger charge is 2.15. The molecule has 0 radical (unpaired) electrons. The number of hydrogen-bond acceptors (Lipinski definition) is 7. The molecule has 0 unspecified atom stereocenters. The molecule has 7 heteroatoms. The summed E-state index contributed by atoms with van der Waals surface area (Å²) in [5.74, 6) is 1.20. The first-order chi connectivity index (χ1) is 15.0. The van der Waals surface area contributed by atoms with E-state index >= 15 is 0 Å². The van der Waals surface area contributed by atoms with Gasteiger partial charge in [0, 0.05) is 23.1 Å². The van der Waals surface area contributed by atoms with E-state index in [9.17, 15) is 4.79 Å². The molecule has 2 aromatic heterocycles. The van der Waals surface area contributed by atoms with Crippen molar-refractivity contribution < 1.29 is 9.21 Å². The highest BCUT2D eigenvalue weighted by atomic mass is 16.3. The molecule has 31 heavy (non-hydrogen) atoms. The molecule has 0 aliphatic carbocycles. The highest BCUT2D eigenvalue weighted by Crippen LogP contribution is 2.27. The lowest BCUT2D eigenvalue weighted by atomic mass is 10.0. The maximum atomic E-state index is 12.6. The number of ketones is 1. The maximum Gasteiger partial charge on any atom is 0.229 e. The Bertz CT molecular complexity index is 1250. The molecule has 0 atom stereocenters. The maximum absolute atomic E-state index is 12.6. The molecule has 7 nitrogen and oxygen atoms in total. The minimum Gasteiger partial charge on any atom is -0.461 e. The monoisotopic (exact) mass is 409 g/mol. The predicted molar refractivity (Wildman–Crippen MR) is 118 cm³/mol. The average molecular weight is 409 g/mol. The first-order valence-corrected chi connectivity index (χ1v) is 9.60. The summed E-state index contributed by atoms with van der Waals surface area (Å²) in [4.78, 5) is 21.3. The zero-order valence-electron chi connectivity index (χ0n) is 17.0. The summed E-state index contributed by atoms with van der Waals surface area (Å²) in [6, 6.07) is 17.9. The topological polar surface area (TPSA) is 104 Å². The lowest BCUT2D eigenvalue weighted by Gasteiger charge is -2.14. The van der Waals surface area contributed by atoms with Crippen molar-refractivity contribution in [3.63, 3.8) is 0 Å². The lowest BCUT2D eigenvalue weighted by Crippen LogP contribution is -2.05. The Labute approximate surface area is 179 Å². The number of nitriles is 1. The predicted octanol–water partition coefficient (Wildman–Crippen LogP) is 5.28. The minimum absolute atomic E-state index is 0.154. The molecule has 0 amide bonds. The minimum atomic E-state index is -0.154. The number of aryl methyl sites for hydroxylation is 2. The van der Waals surface area contributed by atoms with Gasteiger partial charge in [-0.1, -0.05) is 0 Å². The molecule has 0 aliphatic heterocycles. The number of carbonyl (C=O) groups is 1. The number of rotatable bonds is 6. The van der Waals surface area contributed by atoms with E-state index in [1.807, 2.05) is 26.0 Å². The van der Waals surface area contributed by atoms with Gasteiger partial charge in [0.2, 0.25) is 11.7 Å². The van der Waals surface area contributed by atoms with Gasteiger partial charge in [-0.15, -0.1) is 0 Å². The van der Waals surface area contributed by atoms with Crippen molar-refractivity contribution in [1.29, 1.82) is 5.26 Å². The molecule has 2 aromatic carbocycles. The van der Waals surface area contributed by atoms with Crippen LogP contribution in [0.25, 0.3) is 0 Å². The Morgan fingerprint density at radius 2 is 1.77 bits per heavy atom. The van der Waals surface area contributed by atoms with E-state index in [-0.39, 0.29) is 5.78 Å². The quantitative estimate of drug-likeness (QED) is 0.418. The van der Waals surface area contributed by atoms with Crippen molar-refractivity contribution in [1.82, 2.24) is 9.97 Å². The summed E-state index contributed by atoms with van der Waals surface area (Å²) >= 11 is 0. The fraction of sp³-hybridized carbons (Fsp3) is 0.0833. The Hall–Kier alpha value is -4.44. The molecule has 152 valence electrons. The fourth-order valence-electron chi connectivity index (χ4n) is 3.22. The summed E-state index contributed by atoms with van der Waals surface area (Å²) in [5, 5.41) is 15.3. The van der Waals surface area contributed by atoms with Gasteiger partial charge in [-0.25, -0.2) is 4.98 Å². The van der Waals surface area contributed by atoms with Crippen molar-refractivity contribution in [3.05, 3.63) is 95.1 Å². The van der Waals surface area contributed by atoms with E-state index in [1.54, 1.807) is 48.7 Å². The summed E-state index contributed by atoms with van der Waals surface area (Å²) in [6.07, 6.45) is 3.14. The van der Waals surface area contributed by atoms with Crippen LogP contribution in [-0.4, -0.2) is 15.8 Å². The number of nitrogens with zero attached hydrogens (tertiary/aromatic N) is 3. The molecule has 0 aliphatic rings. The van der Waals surface area contributed by atoms with E-state index < -0.39 is 0 Å². The van der Waals surface area contributed by atoms with Crippen LogP contribution in [0.5, 0.6) is 0 Å². The highest BCUT2D eigenvalue weighted by molar-refractivity contribution is 6.07. The molecule has 4 rings (SSSR count). The van der Waals surface area contributed by atoms with Gasteiger partial charge in [0.05, 0.1) is 17.9 Å². The fourth-order valence-corrected chi connectivity index (χ4v) is 3.22. The standard InChI is InChI=1S/C24H19N5O2/c1-15-12-18(23(30)20-4-3-11-31-20)13-16(2)22(15)28-21-9-10-26-24(29-21)27-19-7-5-17(14-25)6-8-19/h3-13H,1-2H3,(H2,26,27,28,29). The number of furan rings is 1. The molecular formula is C24H19N5O2. The van der Waals surface area contributed by atoms with Gasteiger partial charge in [-0.3, -0.25) is 4.79 Å². The smallest absolute Gasteiger partial charge is 0.229 e. The number of benzene rings is 2. The lowest BCUT2D eigenvalue weighted by molar-refractivity contribution is 0.101. The third-order valence-electron chi connectivity index (χ3n) is 4.72. The molecule has 0 fully saturated rings. The van der Waals surface area contributed by atoms with E-state index in [0.717, 1.165) is 22.5 Å². The van der Waals surface area contributed by atoms with Gasteiger partial charge in [0.1, 0.15) is 5.82 Å². The summed E-state index contributed by atoms with van der Waals surface area (Å²) in [7, 11) is 0. The van der Waals surface area contributed by atoms with Crippen molar-refractivity contribution in [2.75, 3.05) is 10.6 Å². The van der Waals surface area contributed by atoms with Crippen molar-refractivity contribution >= 4 is 28.9 Å². The van der Waals surface area contributed by atoms with Gasteiger partial charge in [0.15, 0.2) is 5.76 Å². The van der Waals surface area contributed by atoms with Crippen LogP contribution in [0.1, 0.15) is 32.8 Å². The van der Waals surface area contributed by atoms with Gasteiger partial charge in [-0.05, 0) is 79.6 Å². The van der Waals surface area contributed by atoms with Crippen LogP contribution in [-0.2, 0) is 0 Å². The molecule has 0 spiro atoms. The first-order valence-electron chi connectivity index (χ1n) is 9.60. The first kappa shape index (κ1) is 19.9. The normalized spacial score (nSPS) is 10.4. The van der Waals surface area contributed by atoms with Gasteiger partial charge >= 0.3 is 0 Å². The van der Waals surface area contributed by atoms with Crippen LogP contribution in [0.4, 0.5) is 23.1 Å². The van der Waals surface area contributed by atoms with Crippen LogP contribution in [0.3, 0.4) is 0 Å². The van der Waals surface area contributed by atoms with Crippen molar-refractivity contribution in [2.45, 2.75) is 13.8 Å². The van der Waals surface area contributed by atoms with Crippen LogP contribution in [0.2, 0.25) is 0 Å². The summed E-state index contributed by atoms with van der Waals surface area (Å²) < 4.78 is 5.23. The largest absolute Gasteiger partial charge is 0.461 e. The zero-order chi connectivity index (χ0) is 21.8. The van der Waals surface area contributed by atoms with Gasteiger partial charge < -0.3 is 15.1 Å². The second kappa shape index (κ2) is 8.51. The Balaban J connectivity index is 1.54. The van der Waals surface area contributed by atoms with Crippen molar-refractivity contribution in [3.8, 4) is 6.07 Å². The van der Waals surface area contributed by atoms with E-state index in [0.29, 0.717) is 28.7 Å². The number of carbonyl (C=O) groups excluding carboxylic acids is 1. The van der Waals surface area contributed by atoms with Crippen molar-refractivity contribution in [2.24, 2.45) is 0 Å².